The van der Waals surface area contributed by atoms with Gasteiger partial charge < -0.3 is 20.1 Å². The fourth-order valence-corrected chi connectivity index (χ4v) is 3.93. The van der Waals surface area contributed by atoms with Crippen LogP contribution in [0, 0.1) is 0 Å². The number of amides is 1. The van der Waals surface area contributed by atoms with E-state index in [0.717, 1.165) is 37.9 Å². The van der Waals surface area contributed by atoms with E-state index in [1.54, 1.807) is 6.07 Å². The van der Waals surface area contributed by atoms with Gasteiger partial charge in [-0.1, -0.05) is 25.5 Å². The van der Waals surface area contributed by atoms with Gasteiger partial charge >= 0.3 is 11.9 Å². The Morgan fingerprint density at radius 1 is 1.20 bits per heavy atom. The molecule has 0 spiro atoms. The van der Waals surface area contributed by atoms with Gasteiger partial charge in [-0.05, 0) is 64.4 Å². The van der Waals surface area contributed by atoms with Crippen molar-refractivity contribution in [2.75, 3.05) is 26.7 Å². The monoisotopic (exact) mass is 416 g/mol. The maximum atomic E-state index is 12.6. The first-order chi connectivity index (χ1) is 14.2. The van der Waals surface area contributed by atoms with Gasteiger partial charge in [0.15, 0.2) is 0 Å². The average molecular weight is 417 g/mol. The van der Waals surface area contributed by atoms with E-state index >= 15 is 0 Å². The van der Waals surface area contributed by atoms with Crippen molar-refractivity contribution in [3.05, 3.63) is 41.0 Å². The first-order valence-electron chi connectivity index (χ1n) is 10.4. The van der Waals surface area contributed by atoms with Crippen LogP contribution >= 0.6 is 0 Å². The Labute approximate surface area is 178 Å². The minimum Gasteiger partial charge on any atom is -0.480 e. The highest BCUT2D eigenvalue weighted by Crippen LogP contribution is 2.37. The van der Waals surface area contributed by atoms with Gasteiger partial charge in [0.05, 0.1) is 0 Å². The number of carbonyl (C=O) groups excluding carboxylic acids is 2. The number of esters is 1. The molecule has 1 atom stereocenters. The molecular formula is C23H32N2O5. The van der Waals surface area contributed by atoms with Crippen molar-refractivity contribution in [1.29, 1.82) is 0 Å². The van der Waals surface area contributed by atoms with E-state index in [1.165, 1.54) is 20.3 Å². The SMILES string of the molecule is CCC1(c2cccc(OC(=O)/C(C)=C(\C)C(=O)NCC(=O)O)c2)CCCCN(C)C1. The fraction of sp³-hybridized carbons (Fsp3) is 0.522. The van der Waals surface area contributed by atoms with Crippen molar-refractivity contribution in [1.82, 2.24) is 10.2 Å². The van der Waals surface area contributed by atoms with Crippen molar-refractivity contribution < 1.29 is 24.2 Å². The fourth-order valence-electron chi connectivity index (χ4n) is 3.93. The van der Waals surface area contributed by atoms with Crippen LogP contribution in [-0.2, 0) is 19.8 Å². The Hall–Kier alpha value is -2.67. The maximum Gasteiger partial charge on any atom is 0.339 e. The van der Waals surface area contributed by atoms with Gasteiger partial charge in [-0.2, -0.15) is 0 Å². The Bertz CT molecular complexity index is 833. The van der Waals surface area contributed by atoms with E-state index in [-0.39, 0.29) is 16.6 Å². The van der Waals surface area contributed by atoms with Gasteiger partial charge in [-0.15, -0.1) is 0 Å². The standard InChI is InChI=1S/C23H32N2O5/c1-5-23(11-6-7-12-25(4)15-23)18-9-8-10-19(13-18)30-22(29)17(3)16(2)21(28)24-14-20(26)27/h8-10,13H,5-7,11-12,14-15H2,1-4H3,(H,24,28)(H,26,27)/b17-16+. The molecule has 1 aromatic rings. The predicted octanol–water partition coefficient (Wildman–Crippen LogP) is 2.89. The summed E-state index contributed by atoms with van der Waals surface area (Å²) in [6, 6.07) is 7.64. The molecule has 1 aliphatic rings. The Balaban J connectivity index is 2.19. The largest absolute Gasteiger partial charge is 0.480 e. The molecule has 1 heterocycles. The highest BCUT2D eigenvalue weighted by Gasteiger charge is 2.33. The summed E-state index contributed by atoms with van der Waals surface area (Å²) in [5.41, 5.74) is 1.45. The molecule has 2 N–H and O–H groups in total. The lowest BCUT2D eigenvalue weighted by molar-refractivity contribution is -0.137. The van der Waals surface area contributed by atoms with Crippen molar-refractivity contribution in [2.45, 2.75) is 51.9 Å². The number of ether oxygens (including phenoxy) is 1. The maximum absolute atomic E-state index is 12.6. The molecule has 1 aromatic carbocycles. The summed E-state index contributed by atoms with van der Waals surface area (Å²) < 4.78 is 5.55. The molecule has 1 fully saturated rings. The van der Waals surface area contributed by atoms with Gasteiger partial charge in [0, 0.05) is 23.1 Å². The number of rotatable bonds is 7. The summed E-state index contributed by atoms with van der Waals surface area (Å²) >= 11 is 0. The summed E-state index contributed by atoms with van der Waals surface area (Å²) in [6.45, 7) is 6.71. The third-order valence-corrected chi connectivity index (χ3v) is 5.96. The second kappa shape index (κ2) is 10.4. The van der Waals surface area contributed by atoms with Crippen LogP contribution in [0.3, 0.4) is 0 Å². The van der Waals surface area contributed by atoms with Crippen LogP contribution in [0.1, 0.15) is 52.0 Å². The lowest BCUT2D eigenvalue weighted by atomic mass is 9.74. The third-order valence-electron chi connectivity index (χ3n) is 5.96. The van der Waals surface area contributed by atoms with E-state index < -0.39 is 24.4 Å². The molecule has 0 bridgehead atoms. The molecule has 30 heavy (non-hydrogen) atoms. The Morgan fingerprint density at radius 3 is 2.60 bits per heavy atom. The van der Waals surface area contributed by atoms with E-state index in [9.17, 15) is 14.4 Å². The van der Waals surface area contributed by atoms with Gasteiger partial charge in [0.25, 0.3) is 0 Å². The number of nitrogens with zero attached hydrogens (tertiary/aromatic N) is 1. The highest BCUT2D eigenvalue weighted by atomic mass is 16.5. The lowest BCUT2D eigenvalue weighted by Crippen LogP contribution is -2.37. The number of carboxylic acid groups (broad SMARTS) is 1. The van der Waals surface area contributed by atoms with Crippen LogP contribution in [0.5, 0.6) is 5.75 Å². The molecule has 1 unspecified atom stereocenters. The minimum absolute atomic E-state index is 0.0190. The van der Waals surface area contributed by atoms with Gasteiger partial charge in [-0.25, -0.2) is 4.79 Å². The number of likely N-dealkylation sites (tertiary alicyclic amines) is 1. The zero-order valence-electron chi connectivity index (χ0n) is 18.3. The third kappa shape index (κ3) is 5.92. The highest BCUT2D eigenvalue weighted by molar-refractivity contribution is 6.03. The number of carbonyl (C=O) groups is 3. The minimum atomic E-state index is -1.15. The normalized spacial score (nSPS) is 20.7. The second-order valence-electron chi connectivity index (χ2n) is 8.07. The number of likely N-dealkylation sites (N-methyl/N-ethyl adjacent to an activating group) is 1. The average Bonchev–Trinajstić information content (AvgIpc) is 2.92. The van der Waals surface area contributed by atoms with Gasteiger partial charge in [0.1, 0.15) is 12.3 Å². The van der Waals surface area contributed by atoms with Crippen molar-refractivity contribution in [3.63, 3.8) is 0 Å². The zero-order valence-corrected chi connectivity index (χ0v) is 18.3. The second-order valence-corrected chi connectivity index (χ2v) is 8.07. The number of benzene rings is 1. The van der Waals surface area contributed by atoms with Crippen LogP contribution in [0.4, 0.5) is 0 Å². The van der Waals surface area contributed by atoms with Crippen LogP contribution in [-0.4, -0.2) is 54.5 Å². The molecular weight excluding hydrogens is 384 g/mol. The molecule has 7 heteroatoms. The molecule has 0 saturated carbocycles. The van der Waals surface area contributed by atoms with Crippen LogP contribution in [0.25, 0.3) is 0 Å². The van der Waals surface area contributed by atoms with Gasteiger partial charge in [-0.3, -0.25) is 9.59 Å². The van der Waals surface area contributed by atoms with Crippen LogP contribution < -0.4 is 10.1 Å². The van der Waals surface area contributed by atoms with Crippen molar-refractivity contribution >= 4 is 17.8 Å². The number of carboxylic acids is 1. The summed E-state index contributed by atoms with van der Waals surface area (Å²) in [5.74, 6) is -1.94. The number of hydrogen-bond donors (Lipinski definition) is 2. The van der Waals surface area contributed by atoms with E-state index in [4.69, 9.17) is 9.84 Å². The van der Waals surface area contributed by atoms with Crippen molar-refractivity contribution in [2.24, 2.45) is 0 Å². The Kier molecular flexibility index (Phi) is 8.17. The number of hydrogen-bond acceptors (Lipinski definition) is 5. The summed E-state index contributed by atoms with van der Waals surface area (Å²) in [6.07, 6.45) is 4.43. The lowest BCUT2D eigenvalue weighted by Gasteiger charge is -2.35. The number of nitrogens with one attached hydrogen (secondary N) is 1. The first kappa shape index (κ1) is 23.6. The quantitative estimate of drug-likeness (QED) is 0.403. The molecule has 1 aliphatic heterocycles. The molecule has 0 aromatic heterocycles. The van der Waals surface area contributed by atoms with E-state index in [2.05, 4.69) is 30.3 Å². The molecule has 7 nitrogen and oxygen atoms in total. The van der Waals surface area contributed by atoms with Crippen LogP contribution in [0.2, 0.25) is 0 Å². The molecule has 1 saturated heterocycles. The zero-order chi connectivity index (χ0) is 22.3. The van der Waals surface area contributed by atoms with E-state index in [0.29, 0.717) is 5.75 Å². The smallest absolute Gasteiger partial charge is 0.339 e. The molecule has 164 valence electrons. The Morgan fingerprint density at radius 2 is 1.93 bits per heavy atom. The van der Waals surface area contributed by atoms with E-state index in [1.807, 2.05) is 12.1 Å². The summed E-state index contributed by atoms with van der Waals surface area (Å²) in [5, 5.41) is 10.9. The predicted molar refractivity (Wildman–Crippen MR) is 114 cm³/mol. The first-order valence-corrected chi connectivity index (χ1v) is 10.4. The molecule has 1 amide bonds. The topological polar surface area (TPSA) is 95.9 Å². The van der Waals surface area contributed by atoms with Crippen LogP contribution in [0.15, 0.2) is 35.4 Å². The molecule has 2 rings (SSSR count). The summed E-state index contributed by atoms with van der Waals surface area (Å²) in [4.78, 5) is 37.5. The summed E-state index contributed by atoms with van der Waals surface area (Å²) in [7, 11) is 2.14. The number of aliphatic carboxylic acids is 1. The van der Waals surface area contributed by atoms with Crippen molar-refractivity contribution in [3.8, 4) is 5.75 Å². The molecule has 0 radical (unpaired) electrons. The molecule has 0 aliphatic carbocycles. The van der Waals surface area contributed by atoms with Gasteiger partial charge in [0.2, 0.25) is 5.91 Å².